The molecule has 0 spiro atoms. The highest BCUT2D eigenvalue weighted by atomic mass is 16.1. The van der Waals surface area contributed by atoms with Crippen LogP contribution in [-0.2, 0) is 4.79 Å². The summed E-state index contributed by atoms with van der Waals surface area (Å²) in [6.45, 7) is 4.10. The summed E-state index contributed by atoms with van der Waals surface area (Å²) >= 11 is 0. The van der Waals surface area contributed by atoms with Gasteiger partial charge in [0.25, 0.3) is 0 Å². The highest BCUT2D eigenvalue weighted by Gasteiger charge is 2.21. The van der Waals surface area contributed by atoms with Crippen molar-refractivity contribution in [3.63, 3.8) is 0 Å². The maximum absolute atomic E-state index is 11.1. The molecule has 0 bridgehead atoms. The molecule has 1 N–H and O–H groups in total. The van der Waals surface area contributed by atoms with E-state index < -0.39 is 0 Å². The molecule has 0 saturated heterocycles. The van der Waals surface area contributed by atoms with E-state index in [-0.39, 0.29) is 5.91 Å². The third-order valence-electron chi connectivity index (χ3n) is 2.36. The largest absolute Gasteiger partial charge is 0.350 e. The molecular formula is C10H17NO. The normalized spacial score (nSPS) is 29.5. The average molecular weight is 167 g/mol. The fourth-order valence-corrected chi connectivity index (χ4v) is 1.74. The van der Waals surface area contributed by atoms with Gasteiger partial charge in [0.2, 0.25) is 5.91 Å². The number of allylic oxidation sites excluding steroid dienone is 1. The first kappa shape index (κ1) is 9.30. The second-order valence-electron chi connectivity index (χ2n) is 3.62. The van der Waals surface area contributed by atoms with Gasteiger partial charge in [-0.3, -0.25) is 4.79 Å². The van der Waals surface area contributed by atoms with Crippen molar-refractivity contribution in [1.82, 2.24) is 5.32 Å². The molecular weight excluding hydrogens is 150 g/mol. The molecule has 1 amide bonds. The van der Waals surface area contributed by atoms with Gasteiger partial charge in [0.05, 0.1) is 0 Å². The smallest absolute Gasteiger partial charge is 0.243 e. The number of amides is 1. The lowest BCUT2D eigenvalue weighted by atomic mass is 10.1. The Labute approximate surface area is 74.0 Å². The Morgan fingerprint density at radius 3 is 2.75 bits per heavy atom. The van der Waals surface area contributed by atoms with Gasteiger partial charge in [0.1, 0.15) is 0 Å². The number of carbonyl (C=O) groups is 1. The van der Waals surface area contributed by atoms with Crippen LogP contribution < -0.4 is 5.32 Å². The Balaban J connectivity index is 2.27. The van der Waals surface area contributed by atoms with Crippen LogP contribution in [0.25, 0.3) is 0 Å². The van der Waals surface area contributed by atoms with Crippen LogP contribution in [0.4, 0.5) is 0 Å². The molecule has 2 nitrogen and oxygen atoms in total. The topological polar surface area (TPSA) is 29.1 Å². The molecule has 1 saturated carbocycles. The fraction of sp³-hybridized carbons (Fsp3) is 0.700. The SMILES string of the molecule is C/C=C/C(=O)NC1CCC(C)C1. The van der Waals surface area contributed by atoms with Crippen molar-refractivity contribution >= 4 is 5.91 Å². The number of hydrogen-bond acceptors (Lipinski definition) is 1. The zero-order valence-electron chi connectivity index (χ0n) is 7.84. The maximum Gasteiger partial charge on any atom is 0.243 e. The minimum absolute atomic E-state index is 0.0524. The summed E-state index contributed by atoms with van der Waals surface area (Å²) < 4.78 is 0. The van der Waals surface area contributed by atoms with E-state index >= 15 is 0 Å². The molecule has 1 fully saturated rings. The number of rotatable bonds is 2. The molecule has 0 aromatic rings. The monoisotopic (exact) mass is 167 g/mol. The molecule has 68 valence electrons. The minimum atomic E-state index is 0.0524. The van der Waals surface area contributed by atoms with Gasteiger partial charge in [-0.05, 0) is 38.2 Å². The summed E-state index contributed by atoms with van der Waals surface area (Å²) in [6.07, 6.45) is 6.89. The van der Waals surface area contributed by atoms with E-state index in [2.05, 4.69) is 12.2 Å². The van der Waals surface area contributed by atoms with Crippen molar-refractivity contribution < 1.29 is 4.79 Å². The van der Waals surface area contributed by atoms with Gasteiger partial charge < -0.3 is 5.32 Å². The van der Waals surface area contributed by atoms with Crippen LogP contribution >= 0.6 is 0 Å². The molecule has 12 heavy (non-hydrogen) atoms. The van der Waals surface area contributed by atoms with E-state index in [4.69, 9.17) is 0 Å². The summed E-state index contributed by atoms with van der Waals surface area (Å²) in [5, 5.41) is 2.98. The lowest BCUT2D eigenvalue weighted by Crippen LogP contribution is -2.31. The van der Waals surface area contributed by atoms with E-state index in [1.807, 2.05) is 6.92 Å². The summed E-state index contributed by atoms with van der Waals surface area (Å²) in [5.41, 5.74) is 0. The van der Waals surface area contributed by atoms with Crippen LogP contribution in [0, 0.1) is 5.92 Å². The van der Waals surface area contributed by atoms with Crippen LogP contribution in [0.15, 0.2) is 12.2 Å². The Bertz CT molecular complexity index is 186. The summed E-state index contributed by atoms with van der Waals surface area (Å²) in [5.74, 6) is 0.831. The Kier molecular flexibility index (Phi) is 3.32. The number of carbonyl (C=O) groups excluding carboxylic acids is 1. The quantitative estimate of drug-likeness (QED) is 0.625. The van der Waals surface area contributed by atoms with Crippen LogP contribution in [-0.4, -0.2) is 11.9 Å². The van der Waals surface area contributed by atoms with Crippen LogP contribution in [0.3, 0.4) is 0 Å². The Hall–Kier alpha value is -0.790. The first-order valence-corrected chi connectivity index (χ1v) is 4.65. The number of nitrogens with one attached hydrogen (secondary N) is 1. The standard InChI is InChI=1S/C10H17NO/c1-3-4-10(12)11-9-6-5-8(2)7-9/h3-4,8-9H,5-7H2,1-2H3,(H,11,12)/b4-3+. The van der Waals surface area contributed by atoms with Crippen molar-refractivity contribution in [2.24, 2.45) is 5.92 Å². The fourth-order valence-electron chi connectivity index (χ4n) is 1.74. The van der Waals surface area contributed by atoms with Crippen molar-refractivity contribution in [2.45, 2.75) is 39.2 Å². The maximum atomic E-state index is 11.1. The zero-order chi connectivity index (χ0) is 8.97. The molecule has 2 unspecified atom stereocenters. The summed E-state index contributed by atoms with van der Waals surface area (Å²) in [4.78, 5) is 11.1. The lowest BCUT2D eigenvalue weighted by molar-refractivity contribution is -0.117. The summed E-state index contributed by atoms with van der Waals surface area (Å²) in [6, 6.07) is 0.420. The van der Waals surface area contributed by atoms with E-state index in [0.29, 0.717) is 6.04 Å². The lowest BCUT2D eigenvalue weighted by Gasteiger charge is -2.09. The third-order valence-corrected chi connectivity index (χ3v) is 2.36. The van der Waals surface area contributed by atoms with E-state index in [9.17, 15) is 4.79 Å². The molecule has 2 atom stereocenters. The van der Waals surface area contributed by atoms with Crippen LogP contribution in [0.5, 0.6) is 0 Å². The second-order valence-corrected chi connectivity index (χ2v) is 3.62. The van der Waals surface area contributed by atoms with E-state index in [1.54, 1.807) is 12.2 Å². The van der Waals surface area contributed by atoms with Gasteiger partial charge in [-0.1, -0.05) is 13.0 Å². The van der Waals surface area contributed by atoms with Gasteiger partial charge >= 0.3 is 0 Å². The van der Waals surface area contributed by atoms with Crippen molar-refractivity contribution in [3.8, 4) is 0 Å². The molecule has 1 aliphatic rings. The van der Waals surface area contributed by atoms with Gasteiger partial charge in [0, 0.05) is 6.04 Å². The number of hydrogen-bond donors (Lipinski definition) is 1. The summed E-state index contributed by atoms with van der Waals surface area (Å²) in [7, 11) is 0. The molecule has 0 aromatic heterocycles. The zero-order valence-corrected chi connectivity index (χ0v) is 7.84. The molecule has 2 heteroatoms. The molecule has 0 radical (unpaired) electrons. The molecule has 0 aromatic carbocycles. The predicted molar refractivity (Wildman–Crippen MR) is 49.8 cm³/mol. The molecule has 1 rings (SSSR count). The van der Waals surface area contributed by atoms with Crippen LogP contribution in [0.1, 0.15) is 33.1 Å². The Morgan fingerprint density at radius 1 is 1.50 bits per heavy atom. The van der Waals surface area contributed by atoms with Crippen molar-refractivity contribution in [2.75, 3.05) is 0 Å². The highest BCUT2D eigenvalue weighted by Crippen LogP contribution is 2.24. The second kappa shape index (κ2) is 4.29. The van der Waals surface area contributed by atoms with E-state index in [0.717, 1.165) is 18.8 Å². The van der Waals surface area contributed by atoms with Crippen LogP contribution in [0.2, 0.25) is 0 Å². The first-order chi connectivity index (χ1) is 5.72. The van der Waals surface area contributed by atoms with Gasteiger partial charge in [-0.15, -0.1) is 0 Å². The van der Waals surface area contributed by atoms with E-state index in [1.165, 1.54) is 6.42 Å². The van der Waals surface area contributed by atoms with Gasteiger partial charge in [0.15, 0.2) is 0 Å². The van der Waals surface area contributed by atoms with Gasteiger partial charge in [-0.2, -0.15) is 0 Å². The first-order valence-electron chi connectivity index (χ1n) is 4.65. The predicted octanol–water partition coefficient (Wildman–Crippen LogP) is 1.87. The molecule has 1 aliphatic carbocycles. The highest BCUT2D eigenvalue weighted by molar-refractivity contribution is 5.87. The third kappa shape index (κ3) is 2.68. The Morgan fingerprint density at radius 2 is 2.25 bits per heavy atom. The average Bonchev–Trinajstić information content (AvgIpc) is 2.36. The molecule has 0 aliphatic heterocycles. The van der Waals surface area contributed by atoms with Gasteiger partial charge in [-0.25, -0.2) is 0 Å². The van der Waals surface area contributed by atoms with Crippen molar-refractivity contribution in [1.29, 1.82) is 0 Å². The van der Waals surface area contributed by atoms with Crippen molar-refractivity contribution in [3.05, 3.63) is 12.2 Å². The minimum Gasteiger partial charge on any atom is -0.350 e. The molecule has 0 heterocycles.